The van der Waals surface area contributed by atoms with Crippen molar-refractivity contribution < 1.29 is 37.3 Å². The van der Waals surface area contributed by atoms with Gasteiger partial charge >= 0.3 is 12.1 Å². The van der Waals surface area contributed by atoms with Crippen molar-refractivity contribution in [3.05, 3.63) is 67.8 Å². The van der Waals surface area contributed by atoms with Crippen molar-refractivity contribution in [3.63, 3.8) is 0 Å². The monoisotopic (exact) mass is 412 g/mol. The Morgan fingerprint density at radius 1 is 1.00 bits per heavy atom. The molecule has 0 saturated heterocycles. The third-order valence-corrected chi connectivity index (χ3v) is 3.50. The molecule has 0 bridgehead atoms. The van der Waals surface area contributed by atoms with Crippen LogP contribution in [-0.2, 0) is 4.79 Å². The molecular formula is C17H11F3N2O7. The molecule has 0 amide bonds. The lowest BCUT2D eigenvalue weighted by Crippen LogP contribution is -2.28. The number of methoxy groups -OCH3 is 1. The fraction of sp³-hybridized carbons (Fsp3) is 0.118. The van der Waals surface area contributed by atoms with Gasteiger partial charge in [-0.1, -0.05) is 12.1 Å². The molecule has 0 fully saturated rings. The van der Waals surface area contributed by atoms with Gasteiger partial charge in [-0.3, -0.25) is 20.2 Å². The summed E-state index contributed by atoms with van der Waals surface area (Å²) in [5.41, 5.74) is -0.544. The molecule has 0 radical (unpaired) electrons. The van der Waals surface area contributed by atoms with Crippen LogP contribution in [0.3, 0.4) is 0 Å². The SMILES string of the molecule is COc1cc(/C=C/c2ccc([N+](=O)[O-])cc2[N+](=O)[O-])ccc1OC(=O)C(F)(F)F. The van der Waals surface area contributed by atoms with Crippen LogP contribution in [0.15, 0.2) is 36.4 Å². The van der Waals surface area contributed by atoms with Gasteiger partial charge in [-0.15, -0.1) is 0 Å². The van der Waals surface area contributed by atoms with Gasteiger partial charge in [-0.05, 0) is 29.8 Å². The Balaban J connectivity index is 2.33. The number of non-ortho nitro benzene ring substituents is 1. The highest BCUT2D eigenvalue weighted by Crippen LogP contribution is 2.32. The van der Waals surface area contributed by atoms with Crippen molar-refractivity contribution in [2.75, 3.05) is 7.11 Å². The third-order valence-electron chi connectivity index (χ3n) is 3.50. The largest absolute Gasteiger partial charge is 0.493 e. The number of halogens is 3. The Hall–Kier alpha value is -3.96. The van der Waals surface area contributed by atoms with Crippen LogP contribution in [-0.4, -0.2) is 29.1 Å². The van der Waals surface area contributed by atoms with E-state index in [9.17, 15) is 38.2 Å². The van der Waals surface area contributed by atoms with Crippen LogP contribution in [0.1, 0.15) is 11.1 Å². The van der Waals surface area contributed by atoms with Crippen molar-refractivity contribution in [1.82, 2.24) is 0 Å². The number of rotatable bonds is 6. The minimum Gasteiger partial charge on any atom is -0.493 e. The van der Waals surface area contributed by atoms with E-state index in [2.05, 4.69) is 4.74 Å². The predicted octanol–water partition coefficient (Wildman–Crippen LogP) is 4.15. The Labute approximate surface area is 160 Å². The van der Waals surface area contributed by atoms with Crippen LogP contribution >= 0.6 is 0 Å². The van der Waals surface area contributed by atoms with Crippen LogP contribution in [0, 0.1) is 20.2 Å². The number of alkyl halides is 3. The summed E-state index contributed by atoms with van der Waals surface area (Å²) in [6, 6.07) is 6.67. The van der Waals surface area contributed by atoms with E-state index in [1.165, 1.54) is 30.4 Å². The van der Waals surface area contributed by atoms with E-state index >= 15 is 0 Å². The van der Waals surface area contributed by atoms with Crippen molar-refractivity contribution in [3.8, 4) is 11.5 Å². The smallest absolute Gasteiger partial charge is 0.491 e. The molecule has 0 N–H and O–H groups in total. The Morgan fingerprint density at radius 2 is 1.69 bits per heavy atom. The van der Waals surface area contributed by atoms with Crippen LogP contribution in [0.2, 0.25) is 0 Å². The second kappa shape index (κ2) is 8.37. The van der Waals surface area contributed by atoms with Crippen LogP contribution in [0.4, 0.5) is 24.5 Å². The van der Waals surface area contributed by atoms with Crippen LogP contribution in [0.25, 0.3) is 12.2 Å². The van der Waals surface area contributed by atoms with Gasteiger partial charge in [-0.2, -0.15) is 13.2 Å². The van der Waals surface area contributed by atoms with E-state index < -0.39 is 39.1 Å². The number of hydrogen-bond donors (Lipinski definition) is 0. The molecule has 0 aliphatic heterocycles. The zero-order valence-corrected chi connectivity index (χ0v) is 14.5. The summed E-state index contributed by atoms with van der Waals surface area (Å²) in [4.78, 5) is 31.3. The van der Waals surface area contributed by atoms with Gasteiger partial charge in [0.25, 0.3) is 11.4 Å². The number of esters is 1. The van der Waals surface area contributed by atoms with Gasteiger partial charge in [0.2, 0.25) is 0 Å². The molecule has 12 heteroatoms. The zero-order valence-electron chi connectivity index (χ0n) is 14.5. The second-order valence-electron chi connectivity index (χ2n) is 5.39. The molecule has 2 rings (SSSR count). The third kappa shape index (κ3) is 5.28. The van der Waals surface area contributed by atoms with Gasteiger partial charge in [-0.25, -0.2) is 4.79 Å². The predicted molar refractivity (Wildman–Crippen MR) is 93.4 cm³/mol. The zero-order chi connectivity index (χ0) is 21.8. The molecule has 0 unspecified atom stereocenters. The van der Waals surface area contributed by atoms with E-state index in [1.54, 1.807) is 0 Å². The summed E-state index contributed by atoms with van der Waals surface area (Å²) in [5.74, 6) is -3.06. The summed E-state index contributed by atoms with van der Waals surface area (Å²) in [7, 11) is 1.15. The molecule has 2 aromatic rings. The summed E-state index contributed by atoms with van der Waals surface area (Å²) in [6.07, 6.45) is -2.53. The van der Waals surface area contributed by atoms with E-state index in [-0.39, 0.29) is 11.3 Å². The van der Waals surface area contributed by atoms with Crippen molar-refractivity contribution in [2.24, 2.45) is 0 Å². The lowest BCUT2D eigenvalue weighted by molar-refractivity contribution is -0.394. The van der Waals surface area contributed by atoms with Crippen molar-refractivity contribution in [2.45, 2.75) is 6.18 Å². The first-order valence-corrected chi connectivity index (χ1v) is 7.61. The molecule has 0 heterocycles. The van der Waals surface area contributed by atoms with Gasteiger partial charge in [0, 0.05) is 6.07 Å². The number of benzene rings is 2. The standard InChI is InChI=1S/C17H11F3N2O7/c1-28-15-8-10(3-7-14(15)29-16(23)17(18,19)20)2-4-11-5-6-12(21(24)25)9-13(11)22(26)27/h2-9H,1H3/b4-2+. The Morgan fingerprint density at radius 3 is 2.24 bits per heavy atom. The van der Waals surface area contributed by atoms with Crippen molar-refractivity contribution >= 4 is 29.5 Å². The number of hydrogen-bond acceptors (Lipinski definition) is 7. The van der Waals surface area contributed by atoms with E-state index in [4.69, 9.17) is 4.74 Å². The van der Waals surface area contributed by atoms with Crippen LogP contribution < -0.4 is 9.47 Å². The summed E-state index contributed by atoms with van der Waals surface area (Å²) >= 11 is 0. The van der Waals surface area contributed by atoms with E-state index in [1.807, 2.05) is 0 Å². The normalized spacial score (nSPS) is 11.3. The molecule has 29 heavy (non-hydrogen) atoms. The lowest BCUT2D eigenvalue weighted by Gasteiger charge is -2.11. The highest BCUT2D eigenvalue weighted by molar-refractivity contribution is 5.80. The summed E-state index contributed by atoms with van der Waals surface area (Å²) in [6.45, 7) is 0. The van der Waals surface area contributed by atoms with Gasteiger partial charge in [0.1, 0.15) is 0 Å². The van der Waals surface area contributed by atoms with Gasteiger partial charge < -0.3 is 9.47 Å². The first kappa shape index (κ1) is 21.3. The molecule has 0 aliphatic rings. The Bertz CT molecular complexity index is 1000. The molecule has 0 aromatic heterocycles. The fourth-order valence-electron chi connectivity index (χ4n) is 2.16. The van der Waals surface area contributed by atoms with Gasteiger partial charge in [0.15, 0.2) is 11.5 Å². The number of nitro groups is 2. The average Bonchev–Trinajstić information content (AvgIpc) is 2.65. The van der Waals surface area contributed by atoms with E-state index in [0.29, 0.717) is 5.56 Å². The average molecular weight is 412 g/mol. The Kier molecular flexibility index (Phi) is 6.16. The number of nitrogens with zero attached hydrogens (tertiary/aromatic N) is 2. The van der Waals surface area contributed by atoms with Gasteiger partial charge in [0.05, 0.1) is 28.6 Å². The van der Waals surface area contributed by atoms with E-state index in [0.717, 1.165) is 25.3 Å². The lowest BCUT2D eigenvalue weighted by atomic mass is 10.1. The second-order valence-corrected chi connectivity index (χ2v) is 5.39. The molecule has 9 nitrogen and oxygen atoms in total. The molecule has 2 aromatic carbocycles. The van der Waals surface area contributed by atoms with Crippen LogP contribution in [0.5, 0.6) is 11.5 Å². The summed E-state index contributed by atoms with van der Waals surface area (Å²) < 4.78 is 46.1. The fourth-order valence-corrected chi connectivity index (χ4v) is 2.16. The first-order chi connectivity index (χ1) is 13.5. The topological polar surface area (TPSA) is 122 Å². The number of nitro benzene ring substituents is 2. The minimum atomic E-state index is -5.18. The highest BCUT2D eigenvalue weighted by atomic mass is 19.4. The molecule has 0 saturated carbocycles. The number of carbonyl (C=O) groups excluding carboxylic acids is 1. The maximum absolute atomic E-state index is 12.3. The first-order valence-electron chi connectivity index (χ1n) is 7.61. The minimum absolute atomic E-state index is 0.0622. The number of carbonyl (C=O) groups is 1. The van der Waals surface area contributed by atoms with Crippen molar-refractivity contribution in [1.29, 1.82) is 0 Å². The maximum Gasteiger partial charge on any atom is 0.491 e. The quantitative estimate of drug-likeness (QED) is 0.230. The molecule has 0 aliphatic carbocycles. The molecule has 0 spiro atoms. The summed E-state index contributed by atoms with van der Waals surface area (Å²) in [5, 5.41) is 21.9. The number of ether oxygens (including phenoxy) is 2. The molecule has 152 valence electrons. The molecular weight excluding hydrogens is 401 g/mol. The molecule has 0 atom stereocenters. The maximum atomic E-state index is 12.3. The highest BCUT2D eigenvalue weighted by Gasteiger charge is 2.41.